The lowest BCUT2D eigenvalue weighted by Crippen LogP contribution is -2.10. The Kier molecular flexibility index (Phi) is 19.6. The van der Waals surface area contributed by atoms with Crippen LogP contribution in [-0.2, 0) is 0 Å². The lowest BCUT2D eigenvalue weighted by atomic mass is 10.0. The van der Waals surface area contributed by atoms with Gasteiger partial charge in [0, 0.05) is 119 Å². The van der Waals surface area contributed by atoms with Crippen LogP contribution in [0.25, 0.3) is 185 Å². The lowest BCUT2D eigenvalue weighted by molar-refractivity contribution is 1.17. The van der Waals surface area contributed by atoms with Crippen LogP contribution in [0.5, 0.6) is 0 Å². The highest BCUT2D eigenvalue weighted by Crippen LogP contribution is 2.46. The van der Waals surface area contributed by atoms with E-state index >= 15 is 0 Å². The summed E-state index contributed by atoms with van der Waals surface area (Å²) in [4.78, 5) is 9.78. The Hall–Kier alpha value is -16.6. The van der Waals surface area contributed by atoms with Gasteiger partial charge in [0.05, 0.1) is 44.1 Å². The number of para-hydroxylation sites is 8. The number of thiophene rings is 2. The average Bonchev–Trinajstić information content (AvgIpc) is 1.60. The van der Waals surface area contributed by atoms with Gasteiger partial charge in [-0.05, 0) is 262 Å². The molecule has 0 saturated heterocycles. The number of rotatable bonds is 17. The predicted molar refractivity (Wildman–Crippen MR) is 553 cm³/mol. The van der Waals surface area contributed by atoms with E-state index in [-0.39, 0.29) is 0 Å². The van der Waals surface area contributed by atoms with E-state index in [1.54, 1.807) is 0 Å². The Morgan fingerprint density at radius 3 is 0.600 bits per heavy atom. The maximum absolute atomic E-state index is 2.40. The van der Waals surface area contributed by atoms with Crippen molar-refractivity contribution < 1.29 is 0 Å². The zero-order valence-corrected chi connectivity index (χ0v) is 72.5. The van der Waals surface area contributed by atoms with E-state index in [0.29, 0.717) is 0 Å². The minimum Gasteiger partial charge on any atom is -0.311 e. The number of benzene rings is 19. The smallest absolute Gasteiger partial charge is 0.0541 e. The molecule has 130 heavy (non-hydrogen) atoms. The summed E-state index contributed by atoms with van der Waals surface area (Å²) in [6.45, 7) is 0. The van der Waals surface area contributed by atoms with Crippen LogP contribution < -0.4 is 9.80 Å². The van der Waals surface area contributed by atoms with E-state index in [0.717, 1.165) is 56.9 Å². The molecule has 8 heteroatoms. The van der Waals surface area contributed by atoms with Gasteiger partial charge >= 0.3 is 0 Å². The molecule has 0 aliphatic carbocycles. The monoisotopic (exact) mass is 1690 g/mol. The SMILES string of the molecule is c1ccc(-c2ccc(-c3ccc(-n4c5ccccc5c5cc(-c6ccc(N(c7ccccc7)c7ccc(-c8ccc(-n9c%10ccccc%10c%10ccccc%109)cc8)cc7)cc6)ccc54)cc3)s2)cc1.c1ccc(-c2ccc(-c3ccc(-n4c5ccccc5c5cc(-c6ccc(N(c7ccccc7)c7ccc(-n8c9ccccc9c9ccccc98)cc7)cc6)ccc54)cc3)s2)cc1. The molecule has 0 atom stereocenters. The van der Waals surface area contributed by atoms with Crippen LogP contribution in [0.3, 0.4) is 0 Å². The van der Waals surface area contributed by atoms with E-state index < -0.39 is 0 Å². The normalized spacial score (nSPS) is 11.5. The molecule has 0 bridgehead atoms. The maximum Gasteiger partial charge on any atom is 0.0541 e. The molecule has 6 heterocycles. The summed E-state index contributed by atoms with van der Waals surface area (Å²) in [5, 5.41) is 10.0. The molecule has 0 aliphatic heterocycles. The first kappa shape index (κ1) is 77.0. The number of nitrogens with zero attached hydrogens (tertiary/aromatic N) is 6. The number of anilines is 6. The molecule has 0 fully saturated rings. The minimum absolute atomic E-state index is 1.10. The van der Waals surface area contributed by atoms with Crippen molar-refractivity contribution in [2.24, 2.45) is 0 Å². The van der Waals surface area contributed by atoms with Gasteiger partial charge in [0.2, 0.25) is 0 Å². The topological polar surface area (TPSA) is 26.2 Å². The third-order valence-electron chi connectivity index (χ3n) is 25.6. The molecule has 0 N–H and O–H groups in total. The van der Waals surface area contributed by atoms with Crippen LogP contribution in [0, 0.1) is 0 Å². The summed E-state index contributed by atoms with van der Waals surface area (Å²) in [6, 6.07) is 180. The molecular formula is C122H82N6S2. The van der Waals surface area contributed by atoms with E-state index in [9.17, 15) is 0 Å². The number of hydrogen-bond acceptors (Lipinski definition) is 4. The molecule has 6 nitrogen and oxygen atoms in total. The second-order valence-corrected chi connectivity index (χ2v) is 35.3. The van der Waals surface area contributed by atoms with Crippen molar-refractivity contribution in [3.8, 4) is 97.9 Å². The zero-order chi connectivity index (χ0) is 86.0. The van der Waals surface area contributed by atoms with E-state index in [2.05, 4.69) is 526 Å². The van der Waals surface area contributed by atoms with Crippen molar-refractivity contribution in [3.05, 3.63) is 497 Å². The Labute approximate surface area is 761 Å². The van der Waals surface area contributed by atoms with Crippen LogP contribution in [0.2, 0.25) is 0 Å². The van der Waals surface area contributed by atoms with Crippen molar-refractivity contribution in [2.75, 3.05) is 9.80 Å². The van der Waals surface area contributed by atoms with E-state index in [1.165, 1.54) is 162 Å². The van der Waals surface area contributed by atoms with Crippen LogP contribution in [0.4, 0.5) is 34.1 Å². The Morgan fingerprint density at radius 1 is 0.131 bits per heavy atom. The van der Waals surface area contributed by atoms with Crippen molar-refractivity contribution >= 4 is 144 Å². The van der Waals surface area contributed by atoms with Gasteiger partial charge in [-0.2, -0.15) is 0 Å². The number of fused-ring (bicyclic) bond motifs is 12. The molecule has 6 aromatic heterocycles. The molecule has 0 radical (unpaired) electrons. The van der Waals surface area contributed by atoms with Gasteiger partial charge in [-0.25, -0.2) is 0 Å². The second-order valence-electron chi connectivity index (χ2n) is 33.1. The number of hydrogen-bond donors (Lipinski definition) is 0. The minimum atomic E-state index is 1.10. The van der Waals surface area contributed by atoms with Gasteiger partial charge < -0.3 is 28.1 Å². The van der Waals surface area contributed by atoms with Crippen LogP contribution >= 0.6 is 22.7 Å². The fourth-order valence-corrected chi connectivity index (χ4v) is 21.4. The average molecular weight is 1700 g/mol. The molecule has 0 spiro atoms. The predicted octanol–water partition coefficient (Wildman–Crippen LogP) is 34.5. The van der Waals surface area contributed by atoms with Gasteiger partial charge in [0.15, 0.2) is 0 Å². The largest absolute Gasteiger partial charge is 0.311 e. The van der Waals surface area contributed by atoms with Crippen LogP contribution in [-0.4, -0.2) is 18.3 Å². The first-order valence-corrected chi connectivity index (χ1v) is 45.9. The first-order chi connectivity index (χ1) is 64.5. The number of aromatic nitrogens is 4. The standard InChI is InChI=1S/C64H43N3S.C58H39N3S/c1-3-13-47(14-4-1)63-41-42-64(68-63)48-29-38-54(39-30-48)67-61-22-12-9-19-57(61)58-43-49(31-40-62(58)67)46-27-34-52(35-28-46)65(50-15-5-2-6-16-50)51-32-23-44(24-33-51)45-25-36-53(37-26-45)66-59-20-10-7-17-55(59)56-18-8-11-21-60(56)66;1-3-13-41(14-4-1)57-37-38-58(62-57)42-25-30-47(31-26-42)61-55-22-12-9-19-51(55)52-39-43(27-36-56(52)61)40-23-28-45(29-24-40)59(44-15-5-2-6-16-44)46-32-34-48(35-33-46)60-53-20-10-7-17-49(53)50-18-8-11-21-54(50)60/h1-43H;1-39H. The van der Waals surface area contributed by atoms with Crippen molar-refractivity contribution in [2.45, 2.75) is 0 Å². The molecule has 25 aromatic rings. The highest BCUT2D eigenvalue weighted by molar-refractivity contribution is 7.19. The molecule has 0 saturated carbocycles. The van der Waals surface area contributed by atoms with Crippen molar-refractivity contribution in [1.82, 2.24) is 18.3 Å². The zero-order valence-electron chi connectivity index (χ0n) is 70.8. The van der Waals surface area contributed by atoms with Crippen LogP contribution in [0.15, 0.2) is 497 Å². The van der Waals surface area contributed by atoms with Gasteiger partial charge in [0.1, 0.15) is 0 Å². The molecule has 612 valence electrons. The fraction of sp³-hybridized carbons (Fsp3) is 0. The first-order valence-electron chi connectivity index (χ1n) is 44.2. The van der Waals surface area contributed by atoms with Gasteiger partial charge in [-0.1, -0.05) is 291 Å². The Morgan fingerprint density at radius 2 is 0.315 bits per heavy atom. The van der Waals surface area contributed by atoms with Crippen molar-refractivity contribution in [1.29, 1.82) is 0 Å². The molecule has 0 aliphatic rings. The Balaban J connectivity index is 0.000000145. The quantitative estimate of drug-likeness (QED) is 0.0908. The molecule has 25 rings (SSSR count). The molecular weight excluding hydrogens is 1610 g/mol. The highest BCUT2D eigenvalue weighted by atomic mass is 32.1. The molecule has 19 aromatic carbocycles. The molecule has 0 amide bonds. The van der Waals surface area contributed by atoms with Gasteiger partial charge in [0.25, 0.3) is 0 Å². The third kappa shape index (κ3) is 14.0. The summed E-state index contributed by atoms with van der Waals surface area (Å²) in [5.41, 5.74) is 32.9. The summed E-state index contributed by atoms with van der Waals surface area (Å²) < 4.78 is 9.53. The Bertz CT molecular complexity index is 8350. The summed E-state index contributed by atoms with van der Waals surface area (Å²) >= 11 is 3.67. The summed E-state index contributed by atoms with van der Waals surface area (Å²) in [7, 11) is 0. The van der Waals surface area contributed by atoms with E-state index in [4.69, 9.17) is 0 Å². The lowest BCUT2D eigenvalue weighted by Gasteiger charge is -2.26. The van der Waals surface area contributed by atoms with Gasteiger partial charge in [-0.3, -0.25) is 0 Å². The van der Waals surface area contributed by atoms with Crippen LogP contribution in [0.1, 0.15) is 0 Å². The highest BCUT2D eigenvalue weighted by Gasteiger charge is 2.22. The van der Waals surface area contributed by atoms with Crippen molar-refractivity contribution in [3.63, 3.8) is 0 Å². The second kappa shape index (κ2) is 33.1. The summed E-state index contributed by atoms with van der Waals surface area (Å²) in [5.74, 6) is 0. The molecule has 0 unspecified atom stereocenters. The summed E-state index contributed by atoms with van der Waals surface area (Å²) in [6.07, 6.45) is 0. The van der Waals surface area contributed by atoms with E-state index in [1.807, 2.05) is 22.7 Å². The van der Waals surface area contributed by atoms with Gasteiger partial charge in [-0.15, -0.1) is 22.7 Å². The fourth-order valence-electron chi connectivity index (χ4n) is 19.3. The third-order valence-corrected chi connectivity index (χ3v) is 27.9. The maximum atomic E-state index is 2.40.